The molecule has 0 amide bonds. The van der Waals surface area contributed by atoms with Gasteiger partial charge in [0, 0.05) is 62.1 Å². The van der Waals surface area contributed by atoms with Gasteiger partial charge in [0.05, 0.1) is 28.0 Å². The van der Waals surface area contributed by atoms with Crippen molar-refractivity contribution in [2.24, 2.45) is 4.99 Å². The van der Waals surface area contributed by atoms with Gasteiger partial charge in [-0.05, 0) is 25.3 Å². The van der Waals surface area contributed by atoms with Crippen molar-refractivity contribution in [1.82, 2.24) is 14.9 Å². The molecule has 2 aliphatic heterocycles. The number of fused-ring (bicyclic) bond motifs is 2. The molecule has 0 aliphatic carbocycles. The summed E-state index contributed by atoms with van der Waals surface area (Å²) in [6, 6.07) is 4.07. The van der Waals surface area contributed by atoms with E-state index in [4.69, 9.17) is 9.40 Å². The molecule has 5 rings (SSSR count). The van der Waals surface area contributed by atoms with E-state index in [0.29, 0.717) is 24.2 Å². The van der Waals surface area contributed by atoms with Crippen LogP contribution in [0.4, 0.5) is 5.69 Å². The van der Waals surface area contributed by atoms with Crippen LogP contribution in [0, 0.1) is 10.1 Å². The maximum Gasteiger partial charge on any atom is 0.270 e. The highest BCUT2D eigenvalue weighted by atomic mass is 16.6. The molecule has 0 fully saturated rings. The largest absolute Gasteiger partial charge is 0.464 e. The van der Waals surface area contributed by atoms with Gasteiger partial charge in [-0.25, -0.2) is 9.97 Å². The second kappa shape index (κ2) is 7.99. The molecule has 2 aromatic heterocycles. The normalized spacial score (nSPS) is 16.7. The number of rotatable bonds is 4. The minimum atomic E-state index is -0.514. The van der Waals surface area contributed by atoms with Crippen LogP contribution in [0.1, 0.15) is 41.9 Å². The minimum absolute atomic E-state index is 0.126. The van der Waals surface area contributed by atoms with Gasteiger partial charge in [-0.15, -0.1) is 0 Å². The van der Waals surface area contributed by atoms with Crippen molar-refractivity contribution in [3.05, 3.63) is 73.6 Å². The number of hydrogen-bond donors (Lipinski definition) is 0. The summed E-state index contributed by atoms with van der Waals surface area (Å²) in [6.07, 6.45) is 7.27. The topological polar surface area (TPSA) is 115 Å². The summed E-state index contributed by atoms with van der Waals surface area (Å²) in [5.74, 6) is 0.740. The summed E-state index contributed by atoms with van der Waals surface area (Å²) in [4.78, 5) is 39.4. The van der Waals surface area contributed by atoms with Crippen LogP contribution < -0.4 is 5.43 Å². The molecule has 0 unspecified atom stereocenters. The fraction of sp³-hybridized carbons (Fsp3) is 0.364. The molecular formula is C22H21N5O4. The molecule has 0 radical (unpaired) electrons. The first kappa shape index (κ1) is 19.5. The van der Waals surface area contributed by atoms with Crippen LogP contribution in [-0.4, -0.2) is 38.6 Å². The maximum absolute atomic E-state index is 12.9. The van der Waals surface area contributed by atoms with Gasteiger partial charge in [-0.3, -0.25) is 24.8 Å². The average Bonchev–Trinajstić information content (AvgIpc) is 2.81. The number of non-ortho nitro benzene ring substituents is 1. The molecule has 0 atom stereocenters. The average molecular weight is 419 g/mol. The van der Waals surface area contributed by atoms with E-state index >= 15 is 0 Å². The van der Waals surface area contributed by atoms with E-state index in [1.807, 2.05) is 6.20 Å². The van der Waals surface area contributed by atoms with Gasteiger partial charge in [-0.1, -0.05) is 0 Å². The van der Waals surface area contributed by atoms with Crippen molar-refractivity contribution < 1.29 is 9.34 Å². The predicted molar refractivity (Wildman–Crippen MR) is 114 cm³/mol. The third-order valence-electron chi connectivity index (χ3n) is 5.83. The van der Waals surface area contributed by atoms with Crippen molar-refractivity contribution in [2.75, 3.05) is 13.1 Å². The summed E-state index contributed by atoms with van der Waals surface area (Å²) in [7, 11) is 0. The first-order valence-corrected chi connectivity index (χ1v) is 10.4. The third-order valence-corrected chi connectivity index (χ3v) is 5.83. The van der Waals surface area contributed by atoms with Gasteiger partial charge in [-0.2, -0.15) is 0 Å². The van der Waals surface area contributed by atoms with Gasteiger partial charge >= 0.3 is 0 Å². The lowest BCUT2D eigenvalue weighted by atomic mass is 10.0. The highest BCUT2D eigenvalue weighted by Gasteiger charge is 2.22. The molecule has 2 aliphatic rings. The van der Waals surface area contributed by atoms with Gasteiger partial charge in [0.25, 0.3) is 5.69 Å². The van der Waals surface area contributed by atoms with Gasteiger partial charge < -0.3 is 4.42 Å². The summed E-state index contributed by atoms with van der Waals surface area (Å²) in [5, 5.41) is 11.3. The lowest BCUT2D eigenvalue weighted by Crippen LogP contribution is -2.33. The zero-order valence-electron chi connectivity index (χ0n) is 16.9. The Hall–Kier alpha value is -3.46. The van der Waals surface area contributed by atoms with Gasteiger partial charge in [0.2, 0.25) is 0 Å². The van der Waals surface area contributed by atoms with Crippen molar-refractivity contribution in [3.63, 3.8) is 0 Å². The number of benzene rings is 1. The maximum atomic E-state index is 12.9. The first-order valence-electron chi connectivity index (χ1n) is 10.4. The SMILES string of the molecule is O=c1c(CN2CCc3nc(C4=NCCCC4)ncc3C2)coc2ccc([N+](=O)[O-])cc12. The molecule has 9 nitrogen and oxygen atoms in total. The van der Waals surface area contributed by atoms with Crippen LogP contribution in [0.15, 0.2) is 44.9 Å². The minimum Gasteiger partial charge on any atom is -0.464 e. The number of nitro groups is 1. The molecular weight excluding hydrogens is 398 g/mol. The summed E-state index contributed by atoms with van der Waals surface area (Å²) >= 11 is 0. The van der Waals surface area contributed by atoms with Crippen LogP contribution >= 0.6 is 0 Å². The first-order chi connectivity index (χ1) is 15.1. The number of nitrogens with zero attached hydrogens (tertiary/aromatic N) is 5. The Labute approximate surface area is 177 Å². The fourth-order valence-corrected chi connectivity index (χ4v) is 4.15. The highest BCUT2D eigenvalue weighted by Crippen LogP contribution is 2.22. The molecule has 0 spiro atoms. The van der Waals surface area contributed by atoms with Gasteiger partial charge in [0.1, 0.15) is 5.58 Å². The lowest BCUT2D eigenvalue weighted by molar-refractivity contribution is -0.384. The van der Waals surface area contributed by atoms with E-state index in [1.54, 1.807) is 0 Å². The summed E-state index contributed by atoms with van der Waals surface area (Å²) in [5.41, 5.74) is 3.54. The van der Waals surface area contributed by atoms with Crippen LogP contribution in [0.25, 0.3) is 11.0 Å². The Balaban J connectivity index is 1.37. The van der Waals surface area contributed by atoms with Crippen LogP contribution in [0.3, 0.4) is 0 Å². The number of hydrogen-bond acceptors (Lipinski definition) is 8. The monoisotopic (exact) mass is 419 g/mol. The Morgan fingerprint density at radius 1 is 1.23 bits per heavy atom. The Morgan fingerprint density at radius 3 is 2.94 bits per heavy atom. The molecule has 158 valence electrons. The molecule has 4 heterocycles. The number of nitro benzene ring substituents is 1. The molecule has 1 aromatic carbocycles. The standard InChI is InChI=1S/C22H21N5O4/c28-21-15(13-31-20-5-4-16(27(29)30)9-17(20)21)12-26-8-6-18-14(11-26)10-24-22(25-18)19-3-1-2-7-23-19/h4-5,9-10,13H,1-3,6-8,11-12H2. The second-order valence-corrected chi connectivity index (χ2v) is 7.94. The molecule has 31 heavy (non-hydrogen) atoms. The molecule has 0 saturated heterocycles. The van der Waals surface area contributed by atoms with E-state index in [1.165, 1.54) is 24.5 Å². The van der Waals surface area contributed by atoms with E-state index < -0.39 is 4.92 Å². The third kappa shape index (κ3) is 3.84. The molecule has 9 heteroatoms. The second-order valence-electron chi connectivity index (χ2n) is 7.94. The Kier molecular flexibility index (Phi) is 5.03. The zero-order chi connectivity index (χ0) is 21.4. The molecule has 0 N–H and O–H groups in total. The zero-order valence-corrected chi connectivity index (χ0v) is 16.9. The van der Waals surface area contributed by atoms with Crippen molar-refractivity contribution >= 4 is 22.4 Å². The number of aliphatic imine (C=N–C) groups is 1. The molecule has 0 bridgehead atoms. The van der Waals surface area contributed by atoms with Crippen molar-refractivity contribution in [3.8, 4) is 0 Å². The van der Waals surface area contributed by atoms with Crippen LogP contribution in [-0.2, 0) is 19.5 Å². The van der Waals surface area contributed by atoms with Crippen molar-refractivity contribution in [2.45, 2.75) is 38.8 Å². The molecule has 0 saturated carbocycles. The highest BCUT2D eigenvalue weighted by molar-refractivity contribution is 5.97. The van der Waals surface area contributed by atoms with Gasteiger partial charge in [0.15, 0.2) is 11.3 Å². The van der Waals surface area contributed by atoms with Crippen molar-refractivity contribution in [1.29, 1.82) is 0 Å². The summed E-state index contributed by atoms with van der Waals surface area (Å²) < 4.78 is 5.57. The van der Waals surface area contributed by atoms with E-state index in [9.17, 15) is 14.9 Å². The number of aromatic nitrogens is 2. The van der Waals surface area contributed by atoms with E-state index in [-0.39, 0.29) is 16.5 Å². The van der Waals surface area contributed by atoms with E-state index in [2.05, 4.69) is 14.9 Å². The van der Waals surface area contributed by atoms with Crippen LogP contribution in [0.5, 0.6) is 0 Å². The molecule has 3 aromatic rings. The summed E-state index contributed by atoms with van der Waals surface area (Å²) in [6.45, 7) is 2.63. The Bertz CT molecular complexity index is 1270. The Morgan fingerprint density at radius 2 is 2.13 bits per heavy atom. The smallest absolute Gasteiger partial charge is 0.270 e. The lowest BCUT2D eigenvalue weighted by Gasteiger charge is -2.27. The fourth-order valence-electron chi connectivity index (χ4n) is 4.15. The predicted octanol–water partition coefficient (Wildman–Crippen LogP) is 3.02. The quantitative estimate of drug-likeness (QED) is 0.471. The van der Waals surface area contributed by atoms with E-state index in [0.717, 1.165) is 61.6 Å². The van der Waals surface area contributed by atoms with Crippen LogP contribution in [0.2, 0.25) is 0 Å².